The van der Waals surface area contributed by atoms with Gasteiger partial charge in [0.05, 0.1) is 21.3 Å². The Morgan fingerprint density at radius 1 is 1.07 bits per heavy atom. The minimum Gasteiger partial charge on any atom is -0.496 e. The van der Waals surface area contributed by atoms with Gasteiger partial charge in [0.2, 0.25) is 0 Å². The van der Waals surface area contributed by atoms with E-state index < -0.39 is 0 Å². The molecule has 2 heterocycles. The Labute approximate surface area is 181 Å². The molecule has 2 saturated heterocycles. The van der Waals surface area contributed by atoms with Gasteiger partial charge in [0, 0.05) is 50.4 Å². The smallest absolute Gasteiger partial charge is 0.193 e. The van der Waals surface area contributed by atoms with Crippen LogP contribution in [0.3, 0.4) is 0 Å². The maximum Gasteiger partial charge on any atom is 0.193 e. The molecule has 0 bridgehead atoms. The Bertz CT molecular complexity index is 679. The molecule has 7 heteroatoms. The fraction of sp³-hybridized carbons (Fsp3) is 0.696. The van der Waals surface area contributed by atoms with Crippen molar-refractivity contribution in [3.63, 3.8) is 0 Å². The van der Waals surface area contributed by atoms with E-state index in [0.29, 0.717) is 6.54 Å². The van der Waals surface area contributed by atoms with Crippen LogP contribution < -0.4 is 19.5 Å². The molecule has 1 aromatic rings. The van der Waals surface area contributed by atoms with Gasteiger partial charge in [-0.1, -0.05) is 0 Å². The average Bonchev–Trinajstić information content (AvgIpc) is 3.45. The predicted octanol–water partition coefficient (Wildman–Crippen LogP) is 2.64. The lowest BCUT2D eigenvalue weighted by Crippen LogP contribution is -2.41. The standard InChI is InChI=1S/C23H38N4O3/c1-5-24-23(27-13-9-18(17-27)16-26-11-6-7-12-26)25-10-8-20-21(29-3)14-19(28-2)15-22(20)30-4/h14-15,18H,5-13,16-17H2,1-4H3,(H,24,25). The number of guanidine groups is 1. The van der Waals surface area contributed by atoms with Crippen molar-refractivity contribution < 1.29 is 14.2 Å². The molecule has 0 saturated carbocycles. The van der Waals surface area contributed by atoms with Gasteiger partial charge in [0.15, 0.2) is 5.96 Å². The van der Waals surface area contributed by atoms with E-state index in [0.717, 1.165) is 60.7 Å². The Balaban J connectivity index is 1.62. The van der Waals surface area contributed by atoms with Crippen LogP contribution in [-0.4, -0.2) is 82.9 Å². The van der Waals surface area contributed by atoms with Crippen LogP contribution in [0.25, 0.3) is 0 Å². The molecule has 2 aliphatic rings. The Hall–Kier alpha value is -2.15. The number of benzene rings is 1. The fourth-order valence-electron chi connectivity index (χ4n) is 4.53. The molecule has 0 amide bonds. The zero-order valence-electron chi connectivity index (χ0n) is 19.1. The number of nitrogens with one attached hydrogen (secondary N) is 1. The first-order valence-corrected chi connectivity index (χ1v) is 11.2. The van der Waals surface area contributed by atoms with Crippen molar-refractivity contribution in [1.29, 1.82) is 0 Å². The number of aliphatic imine (C=N–C) groups is 1. The molecule has 1 aromatic carbocycles. The molecular weight excluding hydrogens is 380 g/mol. The Morgan fingerprint density at radius 2 is 1.77 bits per heavy atom. The number of ether oxygens (including phenoxy) is 3. The van der Waals surface area contributed by atoms with Gasteiger partial charge in [0.25, 0.3) is 0 Å². The minimum atomic E-state index is 0.675. The Kier molecular flexibility index (Phi) is 8.49. The molecule has 1 N–H and O–H groups in total. The summed E-state index contributed by atoms with van der Waals surface area (Å²) in [7, 11) is 5.00. The second kappa shape index (κ2) is 11.3. The molecule has 2 fully saturated rings. The molecule has 30 heavy (non-hydrogen) atoms. The van der Waals surface area contributed by atoms with Crippen LogP contribution in [0.15, 0.2) is 17.1 Å². The number of rotatable bonds is 9. The monoisotopic (exact) mass is 418 g/mol. The summed E-state index contributed by atoms with van der Waals surface area (Å²) in [6.45, 7) is 9.64. The minimum absolute atomic E-state index is 0.675. The van der Waals surface area contributed by atoms with Gasteiger partial charge in [-0.3, -0.25) is 4.99 Å². The zero-order chi connectivity index (χ0) is 21.3. The third-order valence-corrected chi connectivity index (χ3v) is 6.08. The van der Waals surface area contributed by atoms with E-state index in [1.54, 1.807) is 21.3 Å². The van der Waals surface area contributed by atoms with Crippen molar-refractivity contribution in [3.05, 3.63) is 17.7 Å². The molecular formula is C23H38N4O3. The average molecular weight is 419 g/mol. The van der Waals surface area contributed by atoms with E-state index in [-0.39, 0.29) is 0 Å². The molecule has 0 spiro atoms. The first-order chi connectivity index (χ1) is 14.7. The second-order valence-corrected chi connectivity index (χ2v) is 8.10. The maximum absolute atomic E-state index is 5.57. The number of likely N-dealkylation sites (tertiary alicyclic amines) is 2. The van der Waals surface area contributed by atoms with Crippen molar-refractivity contribution in [2.75, 3.05) is 67.1 Å². The summed E-state index contributed by atoms with van der Waals surface area (Å²) in [4.78, 5) is 9.97. The van der Waals surface area contributed by atoms with Crippen LogP contribution in [0.1, 0.15) is 31.7 Å². The molecule has 1 atom stereocenters. The van der Waals surface area contributed by atoms with Crippen LogP contribution in [0.2, 0.25) is 0 Å². The van der Waals surface area contributed by atoms with Crippen LogP contribution in [-0.2, 0) is 6.42 Å². The van der Waals surface area contributed by atoms with Gasteiger partial charge in [-0.25, -0.2) is 0 Å². The molecule has 0 aliphatic carbocycles. The first-order valence-electron chi connectivity index (χ1n) is 11.2. The van der Waals surface area contributed by atoms with Crippen molar-refractivity contribution >= 4 is 5.96 Å². The lowest BCUT2D eigenvalue weighted by molar-refractivity contribution is 0.281. The van der Waals surface area contributed by atoms with Crippen LogP contribution in [0.5, 0.6) is 17.2 Å². The van der Waals surface area contributed by atoms with Gasteiger partial charge in [-0.05, 0) is 51.6 Å². The number of nitrogens with zero attached hydrogens (tertiary/aromatic N) is 3. The lowest BCUT2D eigenvalue weighted by atomic mass is 10.1. The first kappa shape index (κ1) is 22.5. The summed E-state index contributed by atoms with van der Waals surface area (Å²) >= 11 is 0. The molecule has 2 aliphatic heterocycles. The van der Waals surface area contributed by atoms with E-state index in [1.807, 2.05) is 12.1 Å². The summed E-state index contributed by atoms with van der Waals surface area (Å²) in [5.41, 5.74) is 1.02. The van der Waals surface area contributed by atoms with E-state index in [9.17, 15) is 0 Å². The van der Waals surface area contributed by atoms with Crippen LogP contribution in [0.4, 0.5) is 0 Å². The molecule has 7 nitrogen and oxygen atoms in total. The molecule has 0 aromatic heterocycles. The SMILES string of the molecule is CCNC(=NCCc1c(OC)cc(OC)cc1OC)N1CCC(CN2CCCC2)C1. The molecule has 168 valence electrons. The van der Waals surface area contributed by atoms with Gasteiger partial charge >= 0.3 is 0 Å². The highest BCUT2D eigenvalue weighted by atomic mass is 16.5. The van der Waals surface area contributed by atoms with Crippen LogP contribution in [0, 0.1) is 5.92 Å². The quantitative estimate of drug-likeness (QED) is 0.492. The predicted molar refractivity (Wildman–Crippen MR) is 121 cm³/mol. The third kappa shape index (κ3) is 5.72. The largest absolute Gasteiger partial charge is 0.496 e. The van der Waals surface area contributed by atoms with Crippen LogP contribution >= 0.6 is 0 Å². The van der Waals surface area contributed by atoms with E-state index in [2.05, 4.69) is 22.0 Å². The second-order valence-electron chi connectivity index (χ2n) is 8.10. The fourth-order valence-corrected chi connectivity index (χ4v) is 4.53. The summed E-state index contributed by atoms with van der Waals surface area (Å²) in [5.74, 6) is 4.04. The highest BCUT2D eigenvalue weighted by Crippen LogP contribution is 2.34. The third-order valence-electron chi connectivity index (χ3n) is 6.08. The highest BCUT2D eigenvalue weighted by Gasteiger charge is 2.27. The summed E-state index contributed by atoms with van der Waals surface area (Å²) in [6, 6.07) is 3.80. The van der Waals surface area contributed by atoms with Crippen molar-refractivity contribution in [2.24, 2.45) is 10.9 Å². The normalized spacial score (nSPS) is 19.9. The molecule has 3 rings (SSSR count). The van der Waals surface area contributed by atoms with Gasteiger partial charge < -0.3 is 29.3 Å². The summed E-state index contributed by atoms with van der Waals surface area (Å²) in [5, 5.41) is 3.48. The molecule has 1 unspecified atom stereocenters. The van der Waals surface area contributed by atoms with Crippen molar-refractivity contribution in [1.82, 2.24) is 15.1 Å². The number of hydrogen-bond acceptors (Lipinski definition) is 5. The summed E-state index contributed by atoms with van der Waals surface area (Å²) in [6.07, 6.45) is 4.72. The Morgan fingerprint density at radius 3 is 2.37 bits per heavy atom. The van der Waals surface area contributed by atoms with Crippen molar-refractivity contribution in [3.8, 4) is 17.2 Å². The maximum atomic E-state index is 5.57. The van der Waals surface area contributed by atoms with E-state index in [1.165, 1.54) is 38.9 Å². The van der Waals surface area contributed by atoms with Crippen molar-refractivity contribution in [2.45, 2.75) is 32.6 Å². The van der Waals surface area contributed by atoms with Gasteiger partial charge in [-0.15, -0.1) is 0 Å². The topological polar surface area (TPSA) is 58.6 Å². The summed E-state index contributed by atoms with van der Waals surface area (Å²) < 4.78 is 16.5. The number of methoxy groups -OCH3 is 3. The zero-order valence-corrected chi connectivity index (χ0v) is 19.1. The van der Waals surface area contributed by atoms with E-state index >= 15 is 0 Å². The molecule has 0 radical (unpaired) electrons. The van der Waals surface area contributed by atoms with E-state index in [4.69, 9.17) is 19.2 Å². The van der Waals surface area contributed by atoms with Gasteiger partial charge in [-0.2, -0.15) is 0 Å². The van der Waals surface area contributed by atoms with Gasteiger partial charge in [0.1, 0.15) is 17.2 Å². The highest BCUT2D eigenvalue weighted by molar-refractivity contribution is 5.80. The number of hydrogen-bond donors (Lipinski definition) is 1. The lowest BCUT2D eigenvalue weighted by Gasteiger charge is -2.23.